The number of pyridine rings is 2. The fraction of sp³-hybridized carbons (Fsp3) is 0.167. The maximum absolute atomic E-state index is 6.38. The average molecular weight is 569 g/mol. The maximum Gasteiger partial charge on any atom is 0.229 e. The number of benzene rings is 2. The molecule has 2 aromatic carbocycles. The van der Waals surface area contributed by atoms with Gasteiger partial charge in [-0.2, -0.15) is 9.97 Å². The van der Waals surface area contributed by atoms with Crippen LogP contribution < -0.4 is 25.4 Å². The van der Waals surface area contributed by atoms with E-state index in [1.807, 2.05) is 61.5 Å². The first-order valence-corrected chi connectivity index (χ1v) is 13.2. The molecular weight excluding hydrogens is 540 g/mol. The van der Waals surface area contributed by atoms with Crippen molar-refractivity contribution in [3.63, 3.8) is 0 Å². The zero-order chi connectivity index (χ0) is 28.8. The van der Waals surface area contributed by atoms with Crippen LogP contribution >= 0.6 is 11.6 Å². The second-order valence-corrected chi connectivity index (χ2v) is 9.64. The number of halogens is 1. The van der Waals surface area contributed by atoms with Crippen molar-refractivity contribution in [2.24, 2.45) is 0 Å². The van der Waals surface area contributed by atoms with Gasteiger partial charge >= 0.3 is 0 Å². The number of ether oxygens (including phenoxy) is 2. The van der Waals surface area contributed by atoms with Crippen molar-refractivity contribution in [1.82, 2.24) is 24.9 Å². The number of nitrogens with two attached hydrogens (primary N) is 1. The topological polar surface area (TPSA) is 124 Å². The smallest absolute Gasteiger partial charge is 0.229 e. The van der Waals surface area contributed by atoms with Crippen molar-refractivity contribution in [1.29, 1.82) is 0 Å². The maximum atomic E-state index is 6.38. The first kappa shape index (κ1) is 27.6. The molecule has 10 nitrogen and oxygen atoms in total. The number of hydrogen-bond donors (Lipinski definition) is 2. The van der Waals surface area contributed by atoms with Gasteiger partial charge in [-0.1, -0.05) is 35.9 Å². The Labute approximate surface area is 243 Å². The predicted molar refractivity (Wildman–Crippen MR) is 161 cm³/mol. The Morgan fingerprint density at radius 2 is 1.44 bits per heavy atom. The number of nitrogen functional groups attached to an aromatic ring is 1. The number of hydrogen-bond acceptors (Lipinski definition) is 10. The molecule has 0 amide bonds. The summed E-state index contributed by atoms with van der Waals surface area (Å²) in [6, 6.07) is 21.2. The molecule has 0 radical (unpaired) electrons. The van der Waals surface area contributed by atoms with E-state index in [1.165, 1.54) is 0 Å². The molecule has 41 heavy (non-hydrogen) atoms. The molecule has 0 saturated heterocycles. The Balaban J connectivity index is 1.53. The summed E-state index contributed by atoms with van der Waals surface area (Å²) in [5.41, 5.74) is 9.22. The Morgan fingerprint density at radius 1 is 0.805 bits per heavy atom. The number of aryl methyl sites for hydroxylation is 1. The van der Waals surface area contributed by atoms with Gasteiger partial charge in [0.15, 0.2) is 5.82 Å². The molecule has 0 spiro atoms. The van der Waals surface area contributed by atoms with Crippen LogP contribution in [0.3, 0.4) is 0 Å². The van der Waals surface area contributed by atoms with E-state index in [1.54, 1.807) is 38.7 Å². The molecule has 5 rings (SSSR count). The van der Waals surface area contributed by atoms with E-state index in [0.717, 1.165) is 22.6 Å². The van der Waals surface area contributed by atoms with E-state index < -0.39 is 0 Å². The van der Waals surface area contributed by atoms with E-state index >= 15 is 0 Å². The summed E-state index contributed by atoms with van der Waals surface area (Å²) >= 11 is 6.38. The first-order chi connectivity index (χ1) is 19.9. The monoisotopic (exact) mass is 568 g/mol. The normalized spacial score (nSPS) is 10.7. The van der Waals surface area contributed by atoms with Crippen LogP contribution in [0.2, 0.25) is 5.02 Å². The van der Waals surface area contributed by atoms with E-state index in [-0.39, 0.29) is 0 Å². The van der Waals surface area contributed by atoms with Crippen molar-refractivity contribution in [2.75, 3.05) is 30.2 Å². The van der Waals surface area contributed by atoms with E-state index in [2.05, 4.69) is 25.2 Å². The zero-order valence-electron chi connectivity index (χ0n) is 22.9. The summed E-state index contributed by atoms with van der Waals surface area (Å²) in [7, 11) is 3.30. The highest BCUT2D eigenvalue weighted by molar-refractivity contribution is 6.30. The van der Waals surface area contributed by atoms with Gasteiger partial charge in [0.25, 0.3) is 0 Å². The fourth-order valence-corrected chi connectivity index (χ4v) is 4.31. The molecule has 0 saturated carbocycles. The molecule has 3 heterocycles. The zero-order valence-corrected chi connectivity index (χ0v) is 23.6. The van der Waals surface area contributed by atoms with Gasteiger partial charge in [0.05, 0.1) is 36.7 Å². The lowest BCUT2D eigenvalue weighted by atomic mass is 10.1. The van der Waals surface area contributed by atoms with Crippen molar-refractivity contribution < 1.29 is 9.47 Å². The van der Waals surface area contributed by atoms with Gasteiger partial charge in [0.2, 0.25) is 5.95 Å². The third-order valence-corrected chi connectivity index (χ3v) is 6.43. The van der Waals surface area contributed by atoms with Crippen LogP contribution in [0.4, 0.5) is 23.3 Å². The number of aromatic nitrogens is 5. The largest absolute Gasteiger partial charge is 0.497 e. The fourth-order valence-electron chi connectivity index (χ4n) is 4.15. The standard InChI is InChI=1S/C30H29ClN8O2/c1-19-35-29(26-14-22(31)15-34-28(26)37-23-8-13-27(32)33-16-23)38-30(36-19)39(17-20-4-9-24(40-2)10-5-20)18-21-6-11-25(41-3)12-7-21/h4-16H,17-18H2,1-3H3,(H2,32,33)(H,34,37). The minimum Gasteiger partial charge on any atom is -0.497 e. The number of methoxy groups -OCH3 is 2. The highest BCUT2D eigenvalue weighted by Crippen LogP contribution is 2.30. The van der Waals surface area contributed by atoms with Gasteiger partial charge < -0.3 is 25.4 Å². The summed E-state index contributed by atoms with van der Waals surface area (Å²) in [4.78, 5) is 25.0. The van der Waals surface area contributed by atoms with Gasteiger partial charge in [0.1, 0.15) is 29.0 Å². The highest BCUT2D eigenvalue weighted by atomic mass is 35.5. The summed E-state index contributed by atoms with van der Waals surface area (Å²) < 4.78 is 10.7. The van der Waals surface area contributed by atoms with E-state index in [9.17, 15) is 0 Å². The summed E-state index contributed by atoms with van der Waals surface area (Å²) in [6.07, 6.45) is 3.19. The molecule has 0 atom stereocenters. The summed E-state index contributed by atoms with van der Waals surface area (Å²) in [5.74, 6) is 4.03. The van der Waals surface area contributed by atoms with Crippen LogP contribution in [0.1, 0.15) is 17.0 Å². The van der Waals surface area contributed by atoms with Gasteiger partial charge in [-0.05, 0) is 60.5 Å². The van der Waals surface area contributed by atoms with Crippen LogP contribution in [0, 0.1) is 6.92 Å². The van der Waals surface area contributed by atoms with Crippen molar-refractivity contribution in [3.05, 3.63) is 101 Å². The van der Waals surface area contributed by atoms with Crippen LogP contribution in [0.25, 0.3) is 11.4 Å². The number of rotatable bonds is 10. The average Bonchev–Trinajstić information content (AvgIpc) is 2.99. The molecule has 3 aromatic heterocycles. The molecule has 0 fully saturated rings. The summed E-state index contributed by atoms with van der Waals surface area (Å²) in [6.45, 7) is 2.94. The minimum atomic E-state index is 0.423. The molecule has 208 valence electrons. The van der Waals surface area contributed by atoms with Crippen molar-refractivity contribution in [2.45, 2.75) is 20.0 Å². The molecular formula is C30H29ClN8O2. The van der Waals surface area contributed by atoms with E-state index in [4.69, 9.17) is 36.8 Å². The molecule has 3 N–H and O–H groups in total. The SMILES string of the molecule is COc1ccc(CN(Cc2ccc(OC)cc2)c2nc(C)nc(-c3cc(Cl)cnc3Nc3ccc(N)nc3)n2)cc1. The molecule has 0 bridgehead atoms. The van der Waals surface area contributed by atoms with Crippen LogP contribution in [-0.2, 0) is 13.1 Å². The van der Waals surface area contributed by atoms with Crippen molar-refractivity contribution in [3.8, 4) is 22.9 Å². The van der Waals surface area contributed by atoms with Crippen LogP contribution in [-0.4, -0.2) is 39.1 Å². The lowest BCUT2D eigenvalue weighted by molar-refractivity contribution is 0.414. The number of nitrogens with zero attached hydrogens (tertiary/aromatic N) is 6. The third-order valence-electron chi connectivity index (χ3n) is 6.23. The van der Waals surface area contributed by atoms with Crippen molar-refractivity contribution >= 4 is 34.9 Å². The Morgan fingerprint density at radius 3 is 2.00 bits per heavy atom. The van der Waals surface area contributed by atoms with Gasteiger partial charge in [-0.25, -0.2) is 15.0 Å². The lowest BCUT2D eigenvalue weighted by Crippen LogP contribution is -2.25. The van der Waals surface area contributed by atoms with E-state index in [0.29, 0.717) is 58.6 Å². The second-order valence-electron chi connectivity index (χ2n) is 9.20. The Kier molecular flexibility index (Phi) is 8.40. The second kappa shape index (κ2) is 12.5. The molecule has 0 aliphatic heterocycles. The minimum absolute atomic E-state index is 0.423. The lowest BCUT2D eigenvalue weighted by Gasteiger charge is -2.24. The van der Waals surface area contributed by atoms with Gasteiger partial charge in [-0.3, -0.25) is 0 Å². The molecule has 11 heteroatoms. The van der Waals surface area contributed by atoms with Gasteiger partial charge in [0, 0.05) is 19.3 Å². The highest BCUT2D eigenvalue weighted by Gasteiger charge is 2.18. The van der Waals surface area contributed by atoms with Crippen LogP contribution in [0.5, 0.6) is 11.5 Å². The molecule has 0 aliphatic carbocycles. The molecule has 0 aliphatic rings. The van der Waals surface area contributed by atoms with Gasteiger partial charge in [-0.15, -0.1) is 0 Å². The number of anilines is 4. The Bertz CT molecular complexity index is 1560. The Hall–Kier alpha value is -4.96. The van der Waals surface area contributed by atoms with Crippen LogP contribution in [0.15, 0.2) is 79.1 Å². The molecule has 5 aromatic rings. The quantitative estimate of drug-likeness (QED) is 0.212. The summed E-state index contributed by atoms with van der Waals surface area (Å²) in [5, 5.41) is 3.72. The first-order valence-electron chi connectivity index (χ1n) is 12.8. The number of nitrogens with one attached hydrogen (secondary N) is 1. The molecule has 0 unspecified atom stereocenters. The predicted octanol–water partition coefficient (Wildman–Crippen LogP) is 5.84. The third kappa shape index (κ3) is 6.98.